The number of halogens is 1. The molecule has 0 aliphatic heterocycles. The average Bonchev–Trinajstić information content (AvgIpc) is 2.88. The molecule has 0 fully saturated rings. The van der Waals surface area contributed by atoms with Crippen molar-refractivity contribution >= 4 is 23.2 Å². The maximum Gasteiger partial charge on any atom is 0.287 e. The number of hydrogen-bond acceptors (Lipinski definition) is 4. The Bertz CT molecular complexity index is 520. The fourth-order valence-electron chi connectivity index (χ4n) is 1.31. The number of rotatable bonds is 4. The highest BCUT2D eigenvalue weighted by atomic mass is 35.5. The number of carbonyl (C=O) groups excluding carboxylic acids is 1. The van der Waals surface area contributed by atoms with Crippen molar-refractivity contribution in [3.8, 4) is 0 Å². The van der Waals surface area contributed by atoms with Crippen LogP contribution in [0.2, 0.25) is 5.22 Å². The topological polar surface area (TPSA) is 86.1 Å². The number of nitrogens with two attached hydrogens (primary N) is 1. The number of nitrogens with one attached hydrogen (secondary N) is 1. The first-order chi connectivity index (χ1) is 8.15. The van der Waals surface area contributed by atoms with E-state index in [0.717, 1.165) is 0 Å². The Morgan fingerprint density at radius 2 is 2.41 bits per heavy atom. The number of hydrogen-bond donors (Lipinski definition) is 2. The van der Waals surface area contributed by atoms with Crippen LogP contribution in [-0.2, 0) is 6.54 Å². The fraction of sp³-hybridized carbons (Fsp3) is 0.200. The minimum atomic E-state index is -0.308. The third-order valence-electron chi connectivity index (χ3n) is 2.08. The summed E-state index contributed by atoms with van der Waals surface area (Å²) < 4.78 is 6.61. The summed E-state index contributed by atoms with van der Waals surface area (Å²) in [5.41, 5.74) is 6.10. The Labute approximate surface area is 102 Å². The summed E-state index contributed by atoms with van der Waals surface area (Å²) >= 11 is 5.56. The lowest BCUT2D eigenvalue weighted by atomic mass is 10.4. The molecular formula is C10H11ClN4O2. The second kappa shape index (κ2) is 4.92. The molecule has 2 heterocycles. The molecule has 1 amide bonds. The van der Waals surface area contributed by atoms with Gasteiger partial charge < -0.3 is 15.5 Å². The largest absolute Gasteiger partial charge is 0.440 e. The van der Waals surface area contributed by atoms with Gasteiger partial charge >= 0.3 is 0 Å². The van der Waals surface area contributed by atoms with Gasteiger partial charge in [-0.15, -0.1) is 0 Å². The standard InChI is InChI=1S/C10H11ClN4O2/c11-9-2-1-8(17-9)10(16)13-3-4-15-6-7(12)5-14-15/h1-2,5-6H,3-4,12H2,(H,13,16). The van der Waals surface area contributed by atoms with Crippen molar-refractivity contribution in [2.45, 2.75) is 6.54 Å². The van der Waals surface area contributed by atoms with E-state index in [-0.39, 0.29) is 16.9 Å². The van der Waals surface area contributed by atoms with Gasteiger partial charge in [0.1, 0.15) is 0 Å². The van der Waals surface area contributed by atoms with Crippen molar-refractivity contribution in [3.63, 3.8) is 0 Å². The van der Waals surface area contributed by atoms with Gasteiger partial charge in [0, 0.05) is 12.7 Å². The zero-order chi connectivity index (χ0) is 12.3. The Hall–Kier alpha value is -1.95. The molecule has 90 valence electrons. The van der Waals surface area contributed by atoms with Crippen molar-refractivity contribution in [1.29, 1.82) is 0 Å². The Morgan fingerprint density at radius 1 is 1.59 bits per heavy atom. The molecule has 0 atom stereocenters. The summed E-state index contributed by atoms with van der Waals surface area (Å²) in [5.74, 6) is -0.119. The zero-order valence-corrected chi connectivity index (χ0v) is 9.65. The summed E-state index contributed by atoms with van der Waals surface area (Å²) in [6, 6.07) is 3.04. The van der Waals surface area contributed by atoms with Crippen LogP contribution in [0.15, 0.2) is 28.9 Å². The first-order valence-electron chi connectivity index (χ1n) is 4.96. The van der Waals surface area contributed by atoms with Crippen LogP contribution in [0.3, 0.4) is 0 Å². The van der Waals surface area contributed by atoms with Gasteiger partial charge in [-0.1, -0.05) is 0 Å². The van der Waals surface area contributed by atoms with Gasteiger partial charge in [-0.3, -0.25) is 9.48 Å². The Morgan fingerprint density at radius 3 is 3.00 bits per heavy atom. The van der Waals surface area contributed by atoms with E-state index >= 15 is 0 Å². The van der Waals surface area contributed by atoms with Crippen LogP contribution >= 0.6 is 11.6 Å². The summed E-state index contributed by atoms with van der Waals surface area (Å²) in [6.45, 7) is 0.968. The molecule has 2 aromatic heterocycles. The molecule has 17 heavy (non-hydrogen) atoms. The smallest absolute Gasteiger partial charge is 0.287 e. The highest BCUT2D eigenvalue weighted by molar-refractivity contribution is 6.29. The van der Waals surface area contributed by atoms with Crippen LogP contribution in [0.5, 0.6) is 0 Å². The van der Waals surface area contributed by atoms with Crippen LogP contribution in [-0.4, -0.2) is 22.2 Å². The van der Waals surface area contributed by atoms with E-state index in [1.165, 1.54) is 12.1 Å². The molecular weight excluding hydrogens is 244 g/mol. The van der Waals surface area contributed by atoms with Gasteiger partial charge in [-0.2, -0.15) is 5.10 Å². The van der Waals surface area contributed by atoms with E-state index in [2.05, 4.69) is 10.4 Å². The number of anilines is 1. The fourth-order valence-corrected chi connectivity index (χ4v) is 1.46. The van der Waals surface area contributed by atoms with Crippen molar-refractivity contribution in [2.75, 3.05) is 12.3 Å². The lowest BCUT2D eigenvalue weighted by Gasteiger charge is -2.03. The Kier molecular flexibility index (Phi) is 3.34. The molecule has 2 aromatic rings. The third kappa shape index (κ3) is 3.01. The van der Waals surface area contributed by atoms with Gasteiger partial charge in [0.2, 0.25) is 0 Å². The molecule has 2 rings (SSSR count). The third-order valence-corrected chi connectivity index (χ3v) is 2.28. The molecule has 0 spiro atoms. The van der Waals surface area contributed by atoms with E-state index in [9.17, 15) is 4.79 Å². The second-order valence-electron chi connectivity index (χ2n) is 3.40. The van der Waals surface area contributed by atoms with Crippen molar-refractivity contribution < 1.29 is 9.21 Å². The van der Waals surface area contributed by atoms with Gasteiger partial charge in [0.05, 0.1) is 18.4 Å². The molecule has 0 radical (unpaired) electrons. The molecule has 3 N–H and O–H groups in total. The van der Waals surface area contributed by atoms with Gasteiger partial charge in [0.15, 0.2) is 11.0 Å². The van der Waals surface area contributed by atoms with E-state index in [4.69, 9.17) is 21.8 Å². The van der Waals surface area contributed by atoms with Crippen LogP contribution in [0.25, 0.3) is 0 Å². The molecule has 6 nitrogen and oxygen atoms in total. The minimum absolute atomic E-state index is 0.190. The second-order valence-corrected chi connectivity index (χ2v) is 3.77. The minimum Gasteiger partial charge on any atom is -0.440 e. The maximum absolute atomic E-state index is 11.5. The molecule has 0 unspecified atom stereocenters. The van der Waals surface area contributed by atoms with Gasteiger partial charge in [-0.25, -0.2) is 0 Å². The summed E-state index contributed by atoms with van der Waals surface area (Å²) in [5, 5.41) is 6.85. The molecule has 7 heteroatoms. The highest BCUT2D eigenvalue weighted by Gasteiger charge is 2.09. The maximum atomic E-state index is 11.5. The predicted molar refractivity (Wildman–Crippen MR) is 62.7 cm³/mol. The predicted octanol–water partition coefficient (Wildman–Crippen LogP) is 1.14. The van der Waals surface area contributed by atoms with Crippen molar-refractivity contribution in [1.82, 2.24) is 15.1 Å². The lowest BCUT2D eigenvalue weighted by Crippen LogP contribution is -2.26. The zero-order valence-electron chi connectivity index (χ0n) is 8.89. The SMILES string of the molecule is Nc1cnn(CCNC(=O)c2ccc(Cl)o2)c1. The average molecular weight is 255 g/mol. The summed E-state index contributed by atoms with van der Waals surface area (Å²) in [4.78, 5) is 11.5. The first-order valence-corrected chi connectivity index (χ1v) is 5.34. The molecule has 0 bridgehead atoms. The van der Waals surface area contributed by atoms with Crippen molar-refractivity contribution in [3.05, 3.63) is 35.5 Å². The van der Waals surface area contributed by atoms with Crippen LogP contribution in [0, 0.1) is 0 Å². The summed E-state index contributed by atoms with van der Waals surface area (Å²) in [7, 11) is 0. The van der Waals surface area contributed by atoms with E-state index in [1.54, 1.807) is 17.1 Å². The quantitative estimate of drug-likeness (QED) is 0.857. The number of nitrogens with zero attached hydrogens (tertiary/aromatic N) is 2. The van der Waals surface area contributed by atoms with E-state index in [0.29, 0.717) is 18.8 Å². The number of carbonyl (C=O) groups is 1. The summed E-state index contributed by atoms with van der Waals surface area (Å²) in [6.07, 6.45) is 3.24. The van der Waals surface area contributed by atoms with Crippen LogP contribution < -0.4 is 11.1 Å². The molecule has 0 aliphatic rings. The first kappa shape index (κ1) is 11.5. The lowest BCUT2D eigenvalue weighted by molar-refractivity contribution is 0.0924. The van der Waals surface area contributed by atoms with Gasteiger partial charge in [0.25, 0.3) is 5.91 Å². The van der Waals surface area contributed by atoms with Gasteiger partial charge in [-0.05, 0) is 23.7 Å². The molecule has 0 aliphatic carbocycles. The molecule has 0 aromatic carbocycles. The normalized spacial score (nSPS) is 10.4. The number of nitrogen functional groups attached to an aromatic ring is 1. The monoisotopic (exact) mass is 254 g/mol. The van der Waals surface area contributed by atoms with Crippen LogP contribution in [0.4, 0.5) is 5.69 Å². The van der Waals surface area contributed by atoms with E-state index < -0.39 is 0 Å². The van der Waals surface area contributed by atoms with Crippen LogP contribution in [0.1, 0.15) is 10.6 Å². The number of amides is 1. The molecule has 0 saturated heterocycles. The van der Waals surface area contributed by atoms with E-state index in [1.807, 2.05) is 0 Å². The highest BCUT2D eigenvalue weighted by Crippen LogP contribution is 2.12. The number of furan rings is 1. The molecule has 0 saturated carbocycles. The van der Waals surface area contributed by atoms with Crippen molar-refractivity contribution in [2.24, 2.45) is 0 Å². The Balaban J connectivity index is 1.81. The number of aromatic nitrogens is 2.